The third-order valence-corrected chi connectivity index (χ3v) is 2.81. The molecule has 3 nitrogen and oxygen atoms in total. The molecule has 0 unspecified atom stereocenters. The molecule has 0 atom stereocenters. The van der Waals surface area contributed by atoms with Crippen molar-refractivity contribution < 1.29 is 13.6 Å². The summed E-state index contributed by atoms with van der Waals surface area (Å²) < 4.78 is 26.1. The van der Waals surface area contributed by atoms with Crippen molar-refractivity contribution in [2.45, 2.75) is 6.42 Å². The Morgan fingerprint density at radius 2 is 2.00 bits per heavy atom. The number of nitrogens with one attached hydrogen (secondary N) is 1. The first kappa shape index (κ1) is 13.3. The van der Waals surface area contributed by atoms with Gasteiger partial charge in [0.1, 0.15) is 0 Å². The molecular formula is C10H11F2IN2O. The Balaban J connectivity index is 2.79. The van der Waals surface area contributed by atoms with E-state index in [1.165, 1.54) is 0 Å². The maximum atomic E-state index is 12.9. The normalized spacial score (nSPS) is 10.2. The molecule has 0 aliphatic carbocycles. The van der Waals surface area contributed by atoms with Crippen molar-refractivity contribution in [3.05, 3.63) is 32.9 Å². The van der Waals surface area contributed by atoms with Gasteiger partial charge >= 0.3 is 0 Å². The lowest BCUT2D eigenvalue weighted by molar-refractivity contribution is 0.0952. The van der Waals surface area contributed by atoms with Gasteiger partial charge in [-0.2, -0.15) is 0 Å². The number of carbonyl (C=O) groups excluding carboxylic acids is 1. The summed E-state index contributed by atoms with van der Waals surface area (Å²) in [6.07, 6.45) is 0.645. The molecule has 0 aromatic heterocycles. The van der Waals surface area contributed by atoms with Gasteiger partial charge < -0.3 is 11.1 Å². The van der Waals surface area contributed by atoms with Crippen molar-refractivity contribution >= 4 is 28.5 Å². The Bertz CT molecular complexity index is 399. The van der Waals surface area contributed by atoms with Gasteiger partial charge in [-0.25, -0.2) is 8.78 Å². The largest absolute Gasteiger partial charge is 0.352 e. The number of rotatable bonds is 4. The Kier molecular flexibility index (Phi) is 5.07. The van der Waals surface area contributed by atoms with E-state index in [9.17, 15) is 13.6 Å². The molecule has 0 radical (unpaired) electrons. The molecule has 6 heteroatoms. The highest BCUT2D eigenvalue weighted by molar-refractivity contribution is 14.1. The van der Waals surface area contributed by atoms with Gasteiger partial charge in [0.25, 0.3) is 5.91 Å². The SMILES string of the molecule is NCCCNC(=O)c1cc(F)c(F)cc1I. The summed E-state index contributed by atoms with van der Waals surface area (Å²) in [6, 6.07) is 1.89. The van der Waals surface area contributed by atoms with E-state index in [-0.39, 0.29) is 5.56 Å². The van der Waals surface area contributed by atoms with E-state index in [1.54, 1.807) is 22.6 Å². The molecule has 0 spiro atoms. The zero-order chi connectivity index (χ0) is 12.1. The standard InChI is InChI=1S/C10H11F2IN2O/c11-7-4-6(9(13)5-8(7)12)10(16)15-3-1-2-14/h4-5H,1-3,14H2,(H,15,16). The minimum atomic E-state index is -1.02. The molecule has 0 aliphatic rings. The number of nitrogens with two attached hydrogens (primary N) is 1. The van der Waals surface area contributed by atoms with Gasteiger partial charge in [-0.05, 0) is 47.7 Å². The quantitative estimate of drug-likeness (QED) is 0.498. The van der Waals surface area contributed by atoms with Gasteiger partial charge in [0.15, 0.2) is 11.6 Å². The molecule has 0 fully saturated rings. The predicted molar refractivity (Wildman–Crippen MR) is 65.1 cm³/mol. The lowest BCUT2D eigenvalue weighted by Crippen LogP contribution is -2.26. The molecular weight excluding hydrogens is 329 g/mol. The van der Waals surface area contributed by atoms with Crippen LogP contribution in [-0.4, -0.2) is 19.0 Å². The topological polar surface area (TPSA) is 55.1 Å². The van der Waals surface area contributed by atoms with Crippen LogP contribution in [0.2, 0.25) is 0 Å². The fourth-order valence-corrected chi connectivity index (χ4v) is 1.77. The van der Waals surface area contributed by atoms with E-state index < -0.39 is 17.5 Å². The minimum absolute atomic E-state index is 0.136. The van der Waals surface area contributed by atoms with Crippen molar-refractivity contribution in [1.82, 2.24) is 5.32 Å². The molecule has 88 valence electrons. The van der Waals surface area contributed by atoms with Gasteiger partial charge in [0.05, 0.1) is 5.56 Å². The number of hydrogen-bond acceptors (Lipinski definition) is 2. The molecule has 1 rings (SSSR count). The molecule has 3 N–H and O–H groups in total. The second-order valence-electron chi connectivity index (χ2n) is 3.14. The minimum Gasteiger partial charge on any atom is -0.352 e. The van der Waals surface area contributed by atoms with Crippen molar-refractivity contribution in [3.63, 3.8) is 0 Å². The van der Waals surface area contributed by atoms with Gasteiger partial charge in [-0.15, -0.1) is 0 Å². The van der Waals surface area contributed by atoms with Crippen molar-refractivity contribution in [2.75, 3.05) is 13.1 Å². The van der Waals surface area contributed by atoms with Crippen molar-refractivity contribution in [2.24, 2.45) is 5.73 Å². The second kappa shape index (κ2) is 6.09. The fraction of sp³-hybridized carbons (Fsp3) is 0.300. The van der Waals surface area contributed by atoms with E-state index in [2.05, 4.69) is 5.32 Å². The van der Waals surface area contributed by atoms with Gasteiger partial charge in [0.2, 0.25) is 0 Å². The zero-order valence-corrected chi connectivity index (χ0v) is 10.6. The van der Waals surface area contributed by atoms with E-state index in [0.29, 0.717) is 23.1 Å². The number of carbonyl (C=O) groups is 1. The van der Waals surface area contributed by atoms with Gasteiger partial charge in [-0.3, -0.25) is 4.79 Å². The Hall–Kier alpha value is -0.760. The number of benzene rings is 1. The molecule has 0 saturated heterocycles. The molecule has 0 bridgehead atoms. The predicted octanol–water partition coefficient (Wildman–Crippen LogP) is 1.65. The maximum absolute atomic E-state index is 12.9. The van der Waals surface area contributed by atoms with Crippen LogP contribution in [0.1, 0.15) is 16.8 Å². The maximum Gasteiger partial charge on any atom is 0.252 e. The molecule has 0 aliphatic heterocycles. The smallest absolute Gasteiger partial charge is 0.252 e. The zero-order valence-electron chi connectivity index (χ0n) is 8.40. The molecule has 1 aromatic rings. The Morgan fingerprint density at radius 3 is 2.62 bits per heavy atom. The van der Waals surface area contributed by atoms with Crippen LogP contribution in [0.4, 0.5) is 8.78 Å². The highest BCUT2D eigenvalue weighted by atomic mass is 127. The lowest BCUT2D eigenvalue weighted by Gasteiger charge is -2.06. The molecule has 0 heterocycles. The van der Waals surface area contributed by atoms with Crippen LogP contribution in [0, 0.1) is 15.2 Å². The first-order valence-electron chi connectivity index (χ1n) is 4.69. The highest BCUT2D eigenvalue weighted by Gasteiger charge is 2.13. The first-order chi connectivity index (χ1) is 7.56. The van der Waals surface area contributed by atoms with Gasteiger partial charge in [-0.1, -0.05) is 0 Å². The highest BCUT2D eigenvalue weighted by Crippen LogP contribution is 2.16. The van der Waals surface area contributed by atoms with Crippen LogP contribution in [-0.2, 0) is 0 Å². The van der Waals surface area contributed by atoms with E-state index in [4.69, 9.17) is 5.73 Å². The summed E-state index contributed by atoms with van der Waals surface area (Å²) >= 11 is 1.79. The lowest BCUT2D eigenvalue weighted by atomic mass is 10.2. The average molecular weight is 340 g/mol. The van der Waals surface area contributed by atoms with E-state index in [0.717, 1.165) is 12.1 Å². The molecule has 1 aromatic carbocycles. The molecule has 0 saturated carbocycles. The molecule has 1 amide bonds. The monoisotopic (exact) mass is 340 g/mol. The van der Waals surface area contributed by atoms with E-state index in [1.807, 2.05) is 0 Å². The molecule has 16 heavy (non-hydrogen) atoms. The number of hydrogen-bond donors (Lipinski definition) is 2. The van der Waals surface area contributed by atoms with Crippen LogP contribution >= 0.6 is 22.6 Å². The summed E-state index contributed by atoms with van der Waals surface area (Å²) in [7, 11) is 0. The summed E-state index contributed by atoms with van der Waals surface area (Å²) in [4.78, 5) is 11.6. The number of amides is 1. The third kappa shape index (κ3) is 3.38. The average Bonchev–Trinajstić information content (AvgIpc) is 2.23. The van der Waals surface area contributed by atoms with Gasteiger partial charge in [0, 0.05) is 10.1 Å². The Morgan fingerprint density at radius 1 is 1.38 bits per heavy atom. The van der Waals surface area contributed by atoms with Crippen LogP contribution in [0.5, 0.6) is 0 Å². The number of halogens is 3. The van der Waals surface area contributed by atoms with Crippen LogP contribution in [0.3, 0.4) is 0 Å². The summed E-state index contributed by atoms with van der Waals surface area (Å²) in [5.74, 6) is -2.40. The van der Waals surface area contributed by atoms with Crippen LogP contribution < -0.4 is 11.1 Å². The van der Waals surface area contributed by atoms with Crippen molar-refractivity contribution in [1.29, 1.82) is 0 Å². The summed E-state index contributed by atoms with van der Waals surface area (Å²) in [5, 5.41) is 2.57. The Labute approximate surface area is 106 Å². The van der Waals surface area contributed by atoms with Crippen molar-refractivity contribution in [3.8, 4) is 0 Å². The van der Waals surface area contributed by atoms with Crippen LogP contribution in [0.15, 0.2) is 12.1 Å². The fourth-order valence-electron chi connectivity index (χ4n) is 1.10. The summed E-state index contributed by atoms with van der Waals surface area (Å²) in [5.41, 5.74) is 5.40. The van der Waals surface area contributed by atoms with E-state index >= 15 is 0 Å². The third-order valence-electron chi connectivity index (χ3n) is 1.92. The van der Waals surface area contributed by atoms with Crippen LogP contribution in [0.25, 0.3) is 0 Å². The first-order valence-corrected chi connectivity index (χ1v) is 5.77. The summed E-state index contributed by atoms with van der Waals surface area (Å²) in [6.45, 7) is 0.888. The second-order valence-corrected chi connectivity index (χ2v) is 4.31.